The van der Waals surface area contributed by atoms with Crippen LogP contribution in [0, 0.1) is 5.82 Å². The van der Waals surface area contributed by atoms with Gasteiger partial charge in [-0.2, -0.15) is 11.8 Å². The molecule has 0 aliphatic carbocycles. The first kappa shape index (κ1) is 14.1. The summed E-state index contributed by atoms with van der Waals surface area (Å²) in [6.45, 7) is 0.782. The van der Waals surface area contributed by atoms with Crippen LogP contribution in [0.2, 0.25) is 5.02 Å². The zero-order chi connectivity index (χ0) is 13.0. The number of ether oxygens (including phenoxy) is 1. The Morgan fingerprint density at radius 1 is 1.61 bits per heavy atom. The van der Waals surface area contributed by atoms with Crippen LogP contribution in [-0.2, 0) is 11.2 Å². The van der Waals surface area contributed by atoms with E-state index in [1.807, 2.05) is 24.9 Å². The van der Waals surface area contributed by atoms with Gasteiger partial charge in [-0.1, -0.05) is 23.7 Å². The first-order chi connectivity index (χ1) is 8.72. The Morgan fingerprint density at radius 3 is 3.11 bits per heavy atom. The van der Waals surface area contributed by atoms with E-state index in [-0.39, 0.29) is 23.0 Å². The summed E-state index contributed by atoms with van der Waals surface area (Å²) in [5, 5.41) is 3.47. The van der Waals surface area contributed by atoms with E-state index >= 15 is 0 Å². The molecule has 1 N–H and O–H groups in total. The fourth-order valence-electron chi connectivity index (χ4n) is 2.10. The fraction of sp³-hybridized carbons (Fsp3) is 0.538. The molecule has 2 unspecified atom stereocenters. The van der Waals surface area contributed by atoms with Crippen LogP contribution in [0.3, 0.4) is 0 Å². The molecule has 1 aromatic carbocycles. The highest BCUT2D eigenvalue weighted by atomic mass is 35.5. The normalized spacial score (nSPS) is 21.8. The molecule has 2 nitrogen and oxygen atoms in total. The van der Waals surface area contributed by atoms with Gasteiger partial charge in [0.15, 0.2) is 0 Å². The van der Waals surface area contributed by atoms with Crippen molar-refractivity contribution in [3.63, 3.8) is 0 Å². The van der Waals surface area contributed by atoms with Crippen molar-refractivity contribution < 1.29 is 9.13 Å². The van der Waals surface area contributed by atoms with Crippen molar-refractivity contribution in [3.05, 3.63) is 34.6 Å². The van der Waals surface area contributed by atoms with E-state index in [1.165, 1.54) is 6.07 Å². The number of likely N-dealkylation sites (N-methyl/N-ethyl adjacent to an activating group) is 1. The number of halogens is 2. The van der Waals surface area contributed by atoms with E-state index in [2.05, 4.69) is 5.32 Å². The zero-order valence-electron chi connectivity index (χ0n) is 10.3. The summed E-state index contributed by atoms with van der Waals surface area (Å²) in [4.78, 5) is 0. The molecule has 1 aliphatic rings. The van der Waals surface area contributed by atoms with E-state index in [4.69, 9.17) is 16.3 Å². The van der Waals surface area contributed by atoms with Gasteiger partial charge in [0.1, 0.15) is 5.82 Å². The van der Waals surface area contributed by atoms with Gasteiger partial charge in [-0.3, -0.25) is 0 Å². The molecule has 0 bridgehead atoms. The highest BCUT2D eigenvalue weighted by molar-refractivity contribution is 7.99. The smallest absolute Gasteiger partial charge is 0.142 e. The van der Waals surface area contributed by atoms with Gasteiger partial charge in [0.2, 0.25) is 0 Å². The number of benzene rings is 1. The van der Waals surface area contributed by atoms with E-state index < -0.39 is 0 Å². The van der Waals surface area contributed by atoms with Gasteiger partial charge in [-0.05, 0) is 25.1 Å². The van der Waals surface area contributed by atoms with Gasteiger partial charge < -0.3 is 10.1 Å². The molecule has 2 atom stereocenters. The zero-order valence-corrected chi connectivity index (χ0v) is 11.9. The molecule has 0 saturated carbocycles. The minimum absolute atomic E-state index is 0.160. The molecule has 100 valence electrons. The van der Waals surface area contributed by atoms with E-state index in [1.54, 1.807) is 6.07 Å². The van der Waals surface area contributed by atoms with Gasteiger partial charge in [-0.25, -0.2) is 4.39 Å². The summed E-state index contributed by atoms with van der Waals surface area (Å²) in [6.07, 6.45) is 0.839. The van der Waals surface area contributed by atoms with Crippen molar-refractivity contribution >= 4 is 23.4 Å². The van der Waals surface area contributed by atoms with Crippen LogP contribution in [0.4, 0.5) is 4.39 Å². The Morgan fingerprint density at radius 2 is 2.44 bits per heavy atom. The Kier molecular flexibility index (Phi) is 5.30. The first-order valence-electron chi connectivity index (χ1n) is 6.02. The Hall–Kier alpha value is -0.290. The van der Waals surface area contributed by atoms with Gasteiger partial charge in [0, 0.05) is 17.5 Å². The molecular formula is C13H17ClFNOS. The molecule has 1 saturated heterocycles. The molecule has 0 spiro atoms. The van der Waals surface area contributed by atoms with Crippen LogP contribution in [0.25, 0.3) is 0 Å². The van der Waals surface area contributed by atoms with Crippen LogP contribution in [0.15, 0.2) is 18.2 Å². The number of hydrogen-bond donors (Lipinski definition) is 1. The molecule has 0 aromatic heterocycles. The second-order valence-electron chi connectivity index (χ2n) is 4.30. The summed E-state index contributed by atoms with van der Waals surface area (Å²) >= 11 is 7.88. The van der Waals surface area contributed by atoms with E-state index in [9.17, 15) is 4.39 Å². The second kappa shape index (κ2) is 6.75. The highest BCUT2D eigenvalue weighted by Gasteiger charge is 2.24. The average molecular weight is 290 g/mol. The maximum absolute atomic E-state index is 13.4. The quantitative estimate of drug-likeness (QED) is 0.921. The van der Waals surface area contributed by atoms with Crippen molar-refractivity contribution in [2.24, 2.45) is 0 Å². The Bertz CT molecular complexity index is 399. The minimum atomic E-state index is -0.358. The van der Waals surface area contributed by atoms with Crippen molar-refractivity contribution in [2.75, 3.05) is 25.2 Å². The lowest BCUT2D eigenvalue weighted by molar-refractivity contribution is 0.0492. The van der Waals surface area contributed by atoms with Crippen molar-refractivity contribution in [3.8, 4) is 0 Å². The number of nitrogens with one attached hydrogen (secondary N) is 1. The lowest BCUT2D eigenvalue weighted by Crippen LogP contribution is -2.44. The van der Waals surface area contributed by atoms with E-state index in [0.29, 0.717) is 6.42 Å². The maximum Gasteiger partial charge on any atom is 0.142 e. The lowest BCUT2D eigenvalue weighted by atomic mass is 10.0. The van der Waals surface area contributed by atoms with Crippen LogP contribution >= 0.6 is 23.4 Å². The topological polar surface area (TPSA) is 21.3 Å². The fourth-order valence-corrected chi connectivity index (χ4v) is 3.25. The first-order valence-corrected chi connectivity index (χ1v) is 7.55. The monoisotopic (exact) mass is 289 g/mol. The van der Waals surface area contributed by atoms with Crippen LogP contribution in [0.1, 0.15) is 5.56 Å². The van der Waals surface area contributed by atoms with Gasteiger partial charge in [0.05, 0.1) is 17.7 Å². The number of rotatable bonds is 4. The number of hydrogen-bond acceptors (Lipinski definition) is 3. The third-order valence-electron chi connectivity index (χ3n) is 3.13. The molecule has 0 amide bonds. The lowest BCUT2D eigenvalue weighted by Gasteiger charge is -2.30. The SMILES string of the molecule is CNC(Cc1cccc(F)c1Cl)C1CSCCO1. The van der Waals surface area contributed by atoms with Gasteiger partial charge in [-0.15, -0.1) is 0 Å². The molecule has 1 heterocycles. The summed E-state index contributed by atoms with van der Waals surface area (Å²) in [7, 11) is 1.90. The molecule has 2 rings (SSSR count). The maximum atomic E-state index is 13.4. The molecule has 5 heteroatoms. The third-order valence-corrected chi connectivity index (χ3v) is 4.58. The largest absolute Gasteiger partial charge is 0.375 e. The Balaban J connectivity index is 2.07. The van der Waals surface area contributed by atoms with Gasteiger partial charge >= 0.3 is 0 Å². The van der Waals surface area contributed by atoms with Crippen molar-refractivity contribution in [2.45, 2.75) is 18.6 Å². The predicted octanol–water partition coefficient (Wildman–Crippen LogP) is 2.74. The molecule has 1 aromatic rings. The second-order valence-corrected chi connectivity index (χ2v) is 5.82. The number of thioether (sulfide) groups is 1. The Labute approximate surface area is 116 Å². The molecule has 1 fully saturated rings. The molecule has 1 aliphatic heterocycles. The summed E-state index contributed by atoms with van der Waals surface area (Å²) in [5.41, 5.74) is 0.829. The summed E-state index contributed by atoms with van der Waals surface area (Å²) < 4.78 is 19.1. The van der Waals surface area contributed by atoms with Gasteiger partial charge in [0.25, 0.3) is 0 Å². The van der Waals surface area contributed by atoms with E-state index in [0.717, 1.165) is 23.7 Å². The molecule has 18 heavy (non-hydrogen) atoms. The van der Waals surface area contributed by atoms with Crippen molar-refractivity contribution in [1.29, 1.82) is 0 Å². The summed E-state index contributed by atoms with van der Waals surface area (Å²) in [6, 6.07) is 5.11. The average Bonchev–Trinajstić information content (AvgIpc) is 2.41. The molecule has 0 radical (unpaired) electrons. The van der Waals surface area contributed by atoms with Crippen molar-refractivity contribution in [1.82, 2.24) is 5.32 Å². The predicted molar refractivity (Wildman–Crippen MR) is 75.0 cm³/mol. The standard InChI is InChI=1S/C13H17ClFNOS/c1-16-11(12-8-18-6-5-17-12)7-9-3-2-4-10(15)13(9)14/h2-4,11-12,16H,5-8H2,1H3. The van der Waals surface area contributed by atoms with Crippen LogP contribution < -0.4 is 5.32 Å². The summed E-state index contributed by atoms with van der Waals surface area (Å²) in [5.74, 6) is 1.66. The van der Waals surface area contributed by atoms with Crippen LogP contribution in [-0.4, -0.2) is 37.3 Å². The highest BCUT2D eigenvalue weighted by Crippen LogP contribution is 2.23. The molecular weight excluding hydrogens is 273 g/mol. The minimum Gasteiger partial charge on any atom is -0.375 e. The third kappa shape index (κ3) is 3.38. The van der Waals surface area contributed by atoms with Crippen LogP contribution in [0.5, 0.6) is 0 Å².